The van der Waals surface area contributed by atoms with E-state index in [1.54, 1.807) is 0 Å². The summed E-state index contributed by atoms with van der Waals surface area (Å²) in [5, 5.41) is 4.70. The Morgan fingerprint density at radius 3 is 2.38 bits per heavy atom. The molecule has 0 saturated heterocycles. The third-order valence-corrected chi connectivity index (χ3v) is 5.74. The van der Waals surface area contributed by atoms with Crippen molar-refractivity contribution in [2.45, 2.75) is 34.6 Å². The molecule has 0 spiro atoms. The molecule has 130 valence electrons. The third-order valence-electron chi connectivity index (χ3n) is 5.74. The number of hydrogen-bond acceptors (Lipinski definition) is 0. The second-order valence-electron chi connectivity index (χ2n) is 7.53. The maximum absolute atomic E-state index is 8.73. The van der Waals surface area contributed by atoms with Gasteiger partial charge in [-0.05, 0) is 66.6 Å². The molecule has 26 heavy (non-hydrogen) atoms. The van der Waals surface area contributed by atoms with Crippen molar-refractivity contribution in [3.05, 3.63) is 76.5 Å². The SMILES string of the molecule is [2H]c1c(C)[n+](C)c(-c2cc(C)cc(C)c2C)c2c1ccc1c(C)cccc12. The van der Waals surface area contributed by atoms with Gasteiger partial charge in [-0.3, -0.25) is 0 Å². The van der Waals surface area contributed by atoms with Crippen LogP contribution in [0.25, 0.3) is 32.8 Å². The molecule has 0 N–H and O–H groups in total. The van der Waals surface area contributed by atoms with E-state index in [9.17, 15) is 0 Å². The lowest BCUT2D eigenvalue weighted by atomic mass is 9.91. The van der Waals surface area contributed by atoms with E-state index in [2.05, 4.69) is 81.8 Å². The normalized spacial score (nSPS) is 12.0. The molecule has 0 aliphatic heterocycles. The fourth-order valence-electron chi connectivity index (χ4n) is 4.09. The summed E-state index contributed by atoms with van der Waals surface area (Å²) in [7, 11) is 2.09. The Hall–Kier alpha value is -2.67. The second-order valence-corrected chi connectivity index (χ2v) is 7.53. The number of hydrogen-bond donors (Lipinski definition) is 0. The first kappa shape index (κ1) is 15.6. The molecule has 4 aromatic rings. The summed E-state index contributed by atoms with van der Waals surface area (Å²) < 4.78 is 10.9. The molecule has 0 atom stereocenters. The summed E-state index contributed by atoms with van der Waals surface area (Å²) in [4.78, 5) is 0. The van der Waals surface area contributed by atoms with Crippen molar-refractivity contribution in [1.29, 1.82) is 0 Å². The molecule has 0 aliphatic rings. The molecule has 0 radical (unpaired) electrons. The van der Waals surface area contributed by atoms with Gasteiger partial charge in [0, 0.05) is 13.0 Å². The van der Waals surface area contributed by atoms with Crippen LogP contribution >= 0.6 is 0 Å². The van der Waals surface area contributed by atoms with Crippen molar-refractivity contribution in [2.24, 2.45) is 7.05 Å². The number of rotatable bonds is 1. The van der Waals surface area contributed by atoms with Crippen molar-refractivity contribution in [3.8, 4) is 11.3 Å². The lowest BCUT2D eigenvalue weighted by Gasteiger charge is -2.14. The molecule has 0 aliphatic carbocycles. The second kappa shape index (κ2) is 5.95. The maximum Gasteiger partial charge on any atom is 0.221 e. The van der Waals surface area contributed by atoms with Crippen LogP contribution < -0.4 is 4.57 Å². The van der Waals surface area contributed by atoms with E-state index in [0.29, 0.717) is 6.04 Å². The Morgan fingerprint density at radius 2 is 1.62 bits per heavy atom. The molecule has 0 amide bonds. The van der Waals surface area contributed by atoms with E-state index >= 15 is 0 Å². The van der Waals surface area contributed by atoms with Gasteiger partial charge in [0.1, 0.15) is 7.05 Å². The van der Waals surface area contributed by atoms with Crippen LogP contribution in [-0.2, 0) is 7.05 Å². The first-order chi connectivity index (χ1) is 12.8. The van der Waals surface area contributed by atoms with Crippen molar-refractivity contribution in [2.75, 3.05) is 0 Å². The van der Waals surface area contributed by atoms with Crippen molar-refractivity contribution >= 4 is 21.5 Å². The zero-order valence-corrected chi connectivity index (χ0v) is 16.5. The van der Waals surface area contributed by atoms with E-state index in [4.69, 9.17) is 1.37 Å². The zero-order valence-electron chi connectivity index (χ0n) is 17.5. The smallest absolute Gasteiger partial charge is 0.198 e. The number of benzene rings is 3. The molecule has 3 aromatic carbocycles. The molecule has 0 bridgehead atoms. The Bertz CT molecular complexity index is 1230. The molecule has 0 saturated carbocycles. The lowest BCUT2D eigenvalue weighted by Crippen LogP contribution is -2.35. The standard InChI is InChI=1S/C25H26N/c1-15-12-17(3)19(5)23(13-15)25-24-20(14-18(4)26(25)6)10-11-21-16(2)8-7-9-22(21)24/h7-14H,1-6H3/q+1/i14D. The number of aromatic nitrogens is 1. The van der Waals surface area contributed by atoms with Gasteiger partial charge in [-0.15, -0.1) is 0 Å². The van der Waals surface area contributed by atoms with Crippen LogP contribution in [0.5, 0.6) is 0 Å². The summed E-state index contributed by atoms with van der Waals surface area (Å²) in [6.45, 7) is 10.7. The minimum atomic E-state index is 0.613. The minimum Gasteiger partial charge on any atom is -0.198 e. The monoisotopic (exact) mass is 341 g/mol. The molecule has 0 fully saturated rings. The Balaban J connectivity index is 2.32. The molecule has 1 nitrogen and oxygen atoms in total. The van der Waals surface area contributed by atoms with Gasteiger partial charge >= 0.3 is 0 Å². The summed E-state index contributed by atoms with van der Waals surface area (Å²) in [6, 6.07) is 15.9. The van der Waals surface area contributed by atoms with Crippen LogP contribution in [0.2, 0.25) is 0 Å². The van der Waals surface area contributed by atoms with E-state index in [1.165, 1.54) is 49.7 Å². The lowest BCUT2D eigenvalue weighted by molar-refractivity contribution is -0.665. The molecular weight excluding hydrogens is 314 g/mol. The molecule has 4 rings (SSSR count). The summed E-state index contributed by atoms with van der Waals surface area (Å²) in [5.74, 6) is 0. The highest BCUT2D eigenvalue weighted by atomic mass is 14.9. The first-order valence-corrected chi connectivity index (χ1v) is 9.20. The molecule has 0 unspecified atom stereocenters. The summed E-state index contributed by atoms with van der Waals surface area (Å²) >= 11 is 0. The molecule has 1 aromatic heterocycles. The first-order valence-electron chi connectivity index (χ1n) is 9.70. The van der Waals surface area contributed by atoms with Gasteiger partial charge in [-0.1, -0.05) is 42.0 Å². The number of aryl methyl sites for hydroxylation is 3. The quantitative estimate of drug-likeness (QED) is 0.294. The van der Waals surface area contributed by atoms with Gasteiger partial charge in [0.15, 0.2) is 5.69 Å². The van der Waals surface area contributed by atoms with Gasteiger partial charge in [-0.25, -0.2) is 0 Å². The third kappa shape index (κ3) is 2.42. The van der Waals surface area contributed by atoms with Crippen LogP contribution in [0.3, 0.4) is 0 Å². The molecule has 1 heteroatoms. The van der Waals surface area contributed by atoms with Gasteiger partial charge in [0.05, 0.1) is 12.3 Å². The van der Waals surface area contributed by atoms with E-state index in [1.807, 2.05) is 6.92 Å². The molecular formula is C25H26N+. The van der Waals surface area contributed by atoms with Crippen LogP contribution in [0.4, 0.5) is 0 Å². The Labute approximate surface area is 157 Å². The van der Waals surface area contributed by atoms with Gasteiger partial charge in [0.2, 0.25) is 5.69 Å². The highest BCUT2D eigenvalue weighted by Crippen LogP contribution is 2.36. The summed E-state index contributed by atoms with van der Waals surface area (Å²) in [6.07, 6.45) is 0. The van der Waals surface area contributed by atoms with Gasteiger partial charge < -0.3 is 0 Å². The predicted molar refractivity (Wildman–Crippen MR) is 112 cm³/mol. The Morgan fingerprint density at radius 1 is 0.846 bits per heavy atom. The number of pyridine rings is 1. The van der Waals surface area contributed by atoms with Crippen LogP contribution in [-0.4, -0.2) is 0 Å². The minimum absolute atomic E-state index is 0.613. The fraction of sp³-hybridized carbons (Fsp3) is 0.240. The molecule has 1 heterocycles. The average molecular weight is 341 g/mol. The van der Waals surface area contributed by atoms with E-state index < -0.39 is 0 Å². The van der Waals surface area contributed by atoms with Gasteiger partial charge in [-0.2, -0.15) is 4.57 Å². The Kier molecular flexibility index (Phi) is 3.56. The highest BCUT2D eigenvalue weighted by Gasteiger charge is 2.22. The maximum atomic E-state index is 8.73. The van der Waals surface area contributed by atoms with Crippen molar-refractivity contribution < 1.29 is 5.94 Å². The van der Waals surface area contributed by atoms with Crippen LogP contribution in [0.1, 0.15) is 29.3 Å². The zero-order chi connectivity index (χ0) is 19.5. The van der Waals surface area contributed by atoms with Gasteiger partial charge in [0.25, 0.3) is 0 Å². The summed E-state index contributed by atoms with van der Waals surface area (Å²) in [5.41, 5.74) is 8.61. The van der Waals surface area contributed by atoms with Crippen molar-refractivity contribution in [1.82, 2.24) is 0 Å². The predicted octanol–water partition coefficient (Wildman–Crippen LogP) is 6.03. The fourth-order valence-corrected chi connectivity index (χ4v) is 4.09. The van der Waals surface area contributed by atoms with Crippen LogP contribution in [0.15, 0.2) is 48.5 Å². The largest absolute Gasteiger partial charge is 0.221 e. The van der Waals surface area contributed by atoms with Crippen LogP contribution in [0, 0.1) is 34.6 Å². The van der Waals surface area contributed by atoms with Crippen molar-refractivity contribution in [3.63, 3.8) is 0 Å². The average Bonchev–Trinajstić information content (AvgIpc) is 2.64. The number of nitrogens with zero attached hydrogens (tertiary/aromatic N) is 1. The topological polar surface area (TPSA) is 3.88 Å². The van der Waals surface area contributed by atoms with E-state index in [0.717, 1.165) is 11.1 Å². The number of fused-ring (bicyclic) bond motifs is 3. The highest BCUT2D eigenvalue weighted by molar-refractivity contribution is 6.13. The van der Waals surface area contributed by atoms with E-state index in [-0.39, 0.29) is 0 Å².